The van der Waals surface area contributed by atoms with Crippen molar-refractivity contribution in [2.45, 2.75) is 31.4 Å². The molecule has 0 aliphatic carbocycles. The highest BCUT2D eigenvalue weighted by atomic mass is 32.2. The van der Waals surface area contributed by atoms with Crippen molar-refractivity contribution in [1.82, 2.24) is 15.1 Å². The van der Waals surface area contributed by atoms with Gasteiger partial charge in [-0.05, 0) is 30.2 Å². The highest BCUT2D eigenvalue weighted by Gasteiger charge is 2.25. The van der Waals surface area contributed by atoms with Crippen molar-refractivity contribution in [2.75, 3.05) is 12.8 Å². The average molecular weight is 501 g/mol. The van der Waals surface area contributed by atoms with Gasteiger partial charge in [0.2, 0.25) is 5.89 Å². The van der Waals surface area contributed by atoms with E-state index in [1.165, 1.54) is 12.1 Å². The molecule has 11 heteroatoms. The van der Waals surface area contributed by atoms with Crippen LogP contribution < -0.4 is 5.73 Å². The van der Waals surface area contributed by atoms with Crippen LogP contribution in [0.25, 0.3) is 22.0 Å². The van der Waals surface area contributed by atoms with E-state index in [-0.39, 0.29) is 17.2 Å². The lowest BCUT2D eigenvalue weighted by Crippen LogP contribution is -2.03. The summed E-state index contributed by atoms with van der Waals surface area (Å²) >= 11 is 0. The third-order valence-corrected chi connectivity index (χ3v) is 6.61. The van der Waals surface area contributed by atoms with Gasteiger partial charge >= 0.3 is 5.97 Å². The number of hydrogen-bond acceptors (Lipinski definition) is 7. The second kappa shape index (κ2) is 9.59. The minimum absolute atomic E-state index is 0.0184. The number of nitrogens with two attached hydrogens (primary N) is 1. The lowest BCUT2D eigenvalue weighted by molar-refractivity contribution is 0.0692. The maximum absolute atomic E-state index is 14.8. The van der Waals surface area contributed by atoms with Crippen molar-refractivity contribution < 1.29 is 27.2 Å². The Labute approximate surface area is 201 Å². The molecule has 0 radical (unpaired) electrons. The molecule has 4 aromatic rings. The van der Waals surface area contributed by atoms with Crippen molar-refractivity contribution in [3.05, 3.63) is 70.8 Å². The zero-order valence-electron chi connectivity index (χ0n) is 19.2. The van der Waals surface area contributed by atoms with Gasteiger partial charge in [0.25, 0.3) is 0 Å². The van der Waals surface area contributed by atoms with Gasteiger partial charge in [-0.1, -0.05) is 42.4 Å². The number of aromatic amines is 1. The zero-order valence-corrected chi connectivity index (χ0v) is 20.0. The van der Waals surface area contributed by atoms with Gasteiger partial charge in [-0.2, -0.15) is 4.98 Å². The van der Waals surface area contributed by atoms with E-state index in [4.69, 9.17) is 10.3 Å². The number of para-hydroxylation sites is 1. The van der Waals surface area contributed by atoms with E-state index in [1.807, 2.05) is 13.0 Å². The van der Waals surface area contributed by atoms with E-state index in [1.54, 1.807) is 12.1 Å². The fourth-order valence-corrected chi connectivity index (χ4v) is 4.90. The summed E-state index contributed by atoms with van der Waals surface area (Å²) in [6.45, 7) is 2.39. The van der Waals surface area contributed by atoms with Gasteiger partial charge in [0.05, 0.1) is 11.3 Å². The molecule has 0 fully saturated rings. The quantitative estimate of drug-likeness (QED) is 0.315. The van der Waals surface area contributed by atoms with E-state index in [9.17, 15) is 22.7 Å². The smallest absolute Gasteiger partial charge is 0.352 e. The van der Waals surface area contributed by atoms with Crippen LogP contribution in [0.15, 0.2) is 40.9 Å². The second-order valence-corrected chi connectivity index (χ2v) is 10.6. The molecule has 4 N–H and O–H groups in total. The third-order valence-electron chi connectivity index (χ3n) is 5.77. The summed E-state index contributed by atoms with van der Waals surface area (Å²) in [5.41, 5.74) is 7.38. The Morgan fingerprint density at radius 2 is 2.06 bits per heavy atom. The lowest BCUT2D eigenvalue weighted by Gasteiger charge is -2.09. The van der Waals surface area contributed by atoms with Crippen LogP contribution in [0.4, 0.5) is 4.39 Å². The van der Waals surface area contributed by atoms with Gasteiger partial charge in [0.15, 0.2) is 15.7 Å². The second-order valence-electron chi connectivity index (χ2n) is 8.49. The number of halogens is 1. The van der Waals surface area contributed by atoms with Gasteiger partial charge in [-0.15, -0.1) is 0 Å². The first kappa shape index (κ1) is 24.6. The number of aromatic nitrogens is 3. The maximum Gasteiger partial charge on any atom is 0.352 e. The molecule has 9 nitrogen and oxygen atoms in total. The summed E-state index contributed by atoms with van der Waals surface area (Å²) in [4.78, 5) is 19.5. The number of carboxylic acids is 1. The van der Waals surface area contributed by atoms with Gasteiger partial charge in [-0.25, -0.2) is 17.6 Å². The highest BCUT2D eigenvalue weighted by molar-refractivity contribution is 7.89. The van der Waals surface area contributed by atoms with Crippen LogP contribution in [-0.4, -0.2) is 47.4 Å². The largest absolute Gasteiger partial charge is 0.477 e. The van der Waals surface area contributed by atoms with Crippen molar-refractivity contribution >= 4 is 26.7 Å². The van der Waals surface area contributed by atoms with Crippen LogP contribution in [0.2, 0.25) is 0 Å². The minimum atomic E-state index is -3.43. The molecule has 0 aliphatic heterocycles. The predicted octanol–water partition coefficient (Wildman–Crippen LogP) is 3.64. The molecule has 0 spiro atoms. The Bertz CT molecular complexity index is 1510. The van der Waals surface area contributed by atoms with E-state index in [2.05, 4.69) is 15.1 Å². The topological polar surface area (TPSA) is 152 Å². The molecular formula is C24H25FN4O5S. The monoisotopic (exact) mass is 500 g/mol. The summed E-state index contributed by atoms with van der Waals surface area (Å²) in [5.74, 6) is -1.77. The van der Waals surface area contributed by atoms with Crippen LogP contribution in [-0.2, 0) is 22.0 Å². The Kier molecular flexibility index (Phi) is 6.73. The number of aryl methyl sites for hydroxylation is 1. The van der Waals surface area contributed by atoms with Crippen molar-refractivity contribution in [2.24, 2.45) is 5.73 Å². The number of benzene rings is 2. The van der Waals surface area contributed by atoms with Crippen LogP contribution in [0, 0.1) is 5.82 Å². The summed E-state index contributed by atoms with van der Waals surface area (Å²) in [5, 5.41) is 14.5. The number of hydrogen-bond donors (Lipinski definition) is 3. The number of sulfone groups is 1. The predicted molar refractivity (Wildman–Crippen MR) is 128 cm³/mol. The number of nitrogens with zero attached hydrogens (tertiary/aromatic N) is 2. The summed E-state index contributed by atoms with van der Waals surface area (Å²) in [6, 6.07) is 9.41. The molecule has 0 aliphatic rings. The maximum atomic E-state index is 14.8. The first-order valence-corrected chi connectivity index (χ1v) is 13.0. The zero-order chi connectivity index (χ0) is 25.3. The summed E-state index contributed by atoms with van der Waals surface area (Å²) in [6.07, 6.45) is 2.31. The summed E-state index contributed by atoms with van der Waals surface area (Å²) < 4.78 is 43.2. The molecule has 184 valence electrons. The normalized spacial score (nSPS) is 12.8. The molecule has 2 aromatic carbocycles. The number of carboxylic acid groups (broad SMARTS) is 1. The Hall–Kier alpha value is -3.57. The number of rotatable bonds is 9. The fourth-order valence-electron chi connectivity index (χ4n) is 4.10. The SMILES string of the molecule is CC(c1noc(CCCN)n1)c1cccc2c(-c3ccc(CS(C)(=O)=O)c(F)c3)c(C(=O)O)[nH]c12. The standard InChI is InChI=1S/C24H25FN4O5S/c1-13(23-27-19(34-29-23)7-4-10-26)16-5-3-6-17-20(22(24(30)31)28-21(16)17)14-8-9-15(18(25)11-14)12-35(2,32)33/h3,5-6,8-9,11,13,28H,4,7,10,12,26H2,1-2H3,(H,30,31). The molecule has 1 atom stereocenters. The van der Waals surface area contributed by atoms with E-state index >= 15 is 0 Å². The number of carbonyl (C=O) groups is 1. The molecule has 1 unspecified atom stereocenters. The lowest BCUT2D eigenvalue weighted by atomic mass is 9.95. The Balaban J connectivity index is 1.81. The van der Waals surface area contributed by atoms with Crippen LogP contribution >= 0.6 is 0 Å². The Morgan fingerprint density at radius 3 is 2.71 bits per heavy atom. The highest BCUT2D eigenvalue weighted by Crippen LogP contribution is 2.37. The molecule has 0 saturated carbocycles. The molecule has 4 rings (SSSR count). The first-order valence-electron chi connectivity index (χ1n) is 11.0. The molecule has 35 heavy (non-hydrogen) atoms. The average Bonchev–Trinajstić information content (AvgIpc) is 3.42. The first-order chi connectivity index (χ1) is 16.6. The number of nitrogens with one attached hydrogen (secondary N) is 1. The molecule has 0 bridgehead atoms. The number of fused-ring (bicyclic) bond motifs is 1. The minimum Gasteiger partial charge on any atom is -0.477 e. The molecule has 2 heterocycles. The molecule has 0 amide bonds. The number of aromatic carboxylic acids is 1. The van der Waals surface area contributed by atoms with E-state index in [0.717, 1.165) is 17.9 Å². The van der Waals surface area contributed by atoms with E-state index in [0.29, 0.717) is 53.1 Å². The van der Waals surface area contributed by atoms with Gasteiger partial charge < -0.3 is 20.3 Å². The van der Waals surface area contributed by atoms with E-state index < -0.39 is 27.4 Å². The summed E-state index contributed by atoms with van der Waals surface area (Å²) in [7, 11) is -3.43. The van der Waals surface area contributed by atoms with Crippen molar-refractivity contribution in [1.29, 1.82) is 0 Å². The van der Waals surface area contributed by atoms with Crippen LogP contribution in [0.1, 0.15) is 52.6 Å². The van der Waals surface area contributed by atoms with Crippen LogP contribution in [0.3, 0.4) is 0 Å². The van der Waals surface area contributed by atoms with Crippen molar-refractivity contribution in [3.63, 3.8) is 0 Å². The van der Waals surface area contributed by atoms with Gasteiger partial charge in [0, 0.05) is 35.1 Å². The van der Waals surface area contributed by atoms with Gasteiger partial charge in [0.1, 0.15) is 11.5 Å². The fraction of sp³-hybridized carbons (Fsp3) is 0.292. The molecule has 2 aromatic heterocycles. The molecule has 0 saturated heterocycles. The number of H-pyrrole nitrogens is 1. The van der Waals surface area contributed by atoms with Crippen molar-refractivity contribution in [3.8, 4) is 11.1 Å². The van der Waals surface area contributed by atoms with Crippen LogP contribution in [0.5, 0.6) is 0 Å². The van der Waals surface area contributed by atoms with Gasteiger partial charge in [-0.3, -0.25) is 0 Å². The Morgan fingerprint density at radius 1 is 1.29 bits per heavy atom. The third kappa shape index (κ3) is 5.10. The molecular weight excluding hydrogens is 475 g/mol.